The molecule has 0 saturated heterocycles. The van der Waals surface area contributed by atoms with Gasteiger partial charge in [0.25, 0.3) is 5.91 Å². The highest BCUT2D eigenvalue weighted by molar-refractivity contribution is 6.30. The van der Waals surface area contributed by atoms with Gasteiger partial charge >= 0.3 is 0 Å². The van der Waals surface area contributed by atoms with Crippen LogP contribution in [-0.2, 0) is 0 Å². The molecule has 116 valence electrons. The summed E-state index contributed by atoms with van der Waals surface area (Å²) in [5.74, 6) is 0.306. The van der Waals surface area contributed by atoms with Crippen LogP contribution in [0.5, 0.6) is 5.75 Å². The molecule has 1 fully saturated rings. The monoisotopic (exact) mass is 310 g/mol. The number of halogens is 1. The summed E-state index contributed by atoms with van der Waals surface area (Å²) in [7, 11) is 1.52. The first kappa shape index (κ1) is 16.1. The summed E-state index contributed by atoms with van der Waals surface area (Å²) < 4.78 is 5.24. The van der Waals surface area contributed by atoms with Crippen LogP contribution < -0.4 is 15.8 Å². The van der Waals surface area contributed by atoms with Crippen LogP contribution in [0.2, 0.25) is 5.02 Å². The van der Waals surface area contributed by atoms with Crippen molar-refractivity contribution in [2.45, 2.75) is 39.8 Å². The zero-order chi connectivity index (χ0) is 16.0. The highest BCUT2D eigenvalue weighted by Gasteiger charge is 2.60. The number of benzene rings is 1. The van der Waals surface area contributed by atoms with E-state index in [-0.39, 0.29) is 28.8 Å². The van der Waals surface area contributed by atoms with Gasteiger partial charge in [0.15, 0.2) is 0 Å². The van der Waals surface area contributed by atoms with Gasteiger partial charge in [-0.15, -0.1) is 0 Å². The van der Waals surface area contributed by atoms with Crippen molar-refractivity contribution in [1.82, 2.24) is 5.32 Å². The molecule has 0 heterocycles. The number of nitrogens with one attached hydrogen (secondary N) is 1. The van der Waals surface area contributed by atoms with Crippen LogP contribution in [0.25, 0.3) is 0 Å². The van der Waals surface area contributed by atoms with E-state index < -0.39 is 0 Å². The first-order valence-corrected chi connectivity index (χ1v) is 7.40. The number of carbonyl (C=O) groups excluding carboxylic acids is 1. The average molecular weight is 311 g/mol. The number of carbonyl (C=O) groups is 1. The highest BCUT2D eigenvalue weighted by atomic mass is 35.5. The number of rotatable bonds is 3. The maximum atomic E-state index is 12.5. The Balaban J connectivity index is 2.23. The number of ether oxygens (including phenoxy) is 1. The molecule has 1 saturated carbocycles. The summed E-state index contributed by atoms with van der Waals surface area (Å²) in [4.78, 5) is 12.5. The molecular formula is C16H23ClN2O2. The lowest BCUT2D eigenvalue weighted by atomic mass is 9.48. The van der Waals surface area contributed by atoms with Crippen LogP contribution >= 0.6 is 11.6 Å². The van der Waals surface area contributed by atoms with E-state index in [1.54, 1.807) is 18.2 Å². The van der Waals surface area contributed by atoms with Crippen molar-refractivity contribution in [3.05, 3.63) is 28.8 Å². The van der Waals surface area contributed by atoms with Crippen molar-refractivity contribution in [2.24, 2.45) is 16.6 Å². The van der Waals surface area contributed by atoms with E-state index in [1.165, 1.54) is 7.11 Å². The van der Waals surface area contributed by atoms with Crippen molar-refractivity contribution in [3.8, 4) is 5.75 Å². The van der Waals surface area contributed by atoms with Crippen molar-refractivity contribution >= 4 is 17.5 Å². The van der Waals surface area contributed by atoms with E-state index in [0.717, 1.165) is 0 Å². The molecule has 1 aromatic carbocycles. The summed E-state index contributed by atoms with van der Waals surface area (Å²) >= 11 is 5.93. The van der Waals surface area contributed by atoms with Crippen molar-refractivity contribution in [1.29, 1.82) is 0 Å². The second kappa shape index (κ2) is 5.18. The second-order valence-corrected chi connectivity index (χ2v) is 7.31. The summed E-state index contributed by atoms with van der Waals surface area (Å²) in [6, 6.07) is 5.05. The molecule has 4 nitrogen and oxygen atoms in total. The van der Waals surface area contributed by atoms with Crippen LogP contribution in [-0.4, -0.2) is 25.1 Å². The Morgan fingerprint density at radius 3 is 2.38 bits per heavy atom. The van der Waals surface area contributed by atoms with E-state index in [2.05, 4.69) is 33.0 Å². The molecular weight excluding hydrogens is 288 g/mol. The van der Waals surface area contributed by atoms with Gasteiger partial charge in [-0.3, -0.25) is 4.79 Å². The smallest absolute Gasteiger partial charge is 0.255 e. The molecule has 1 aliphatic carbocycles. The summed E-state index contributed by atoms with van der Waals surface area (Å²) in [5.41, 5.74) is 6.42. The van der Waals surface area contributed by atoms with Crippen molar-refractivity contribution in [3.63, 3.8) is 0 Å². The standard InChI is InChI=1S/C16H23ClN2O2/c1-15(2)13(18)16(3,4)14(15)19-12(20)10-7-6-9(17)8-11(10)21-5/h6-8,13-14H,18H2,1-5H3,(H,19,20). The Hall–Kier alpha value is -1.26. The van der Waals surface area contributed by atoms with E-state index >= 15 is 0 Å². The Bertz CT molecular complexity index is 553. The SMILES string of the molecule is COc1cc(Cl)ccc1C(=O)NC1C(C)(C)C(N)C1(C)C. The second-order valence-electron chi connectivity index (χ2n) is 6.87. The quantitative estimate of drug-likeness (QED) is 0.902. The molecule has 21 heavy (non-hydrogen) atoms. The summed E-state index contributed by atoms with van der Waals surface area (Å²) in [5, 5.41) is 3.63. The molecule has 1 aromatic rings. The van der Waals surface area contributed by atoms with Gasteiger partial charge in [0, 0.05) is 27.9 Å². The van der Waals surface area contributed by atoms with Crippen LogP contribution in [0.4, 0.5) is 0 Å². The molecule has 1 aliphatic rings. The maximum Gasteiger partial charge on any atom is 0.255 e. The Morgan fingerprint density at radius 2 is 1.86 bits per heavy atom. The largest absolute Gasteiger partial charge is 0.496 e. The molecule has 1 amide bonds. The molecule has 0 aromatic heterocycles. The topological polar surface area (TPSA) is 64.3 Å². The van der Waals surface area contributed by atoms with Crippen LogP contribution in [0.3, 0.4) is 0 Å². The predicted molar refractivity (Wildman–Crippen MR) is 84.8 cm³/mol. The zero-order valence-corrected chi connectivity index (χ0v) is 13.9. The van der Waals surface area contributed by atoms with Gasteiger partial charge in [-0.1, -0.05) is 39.3 Å². The van der Waals surface area contributed by atoms with Gasteiger partial charge in [-0.2, -0.15) is 0 Å². The van der Waals surface area contributed by atoms with E-state index in [1.807, 2.05) is 0 Å². The van der Waals surface area contributed by atoms with Crippen molar-refractivity contribution < 1.29 is 9.53 Å². The fourth-order valence-corrected chi connectivity index (χ4v) is 3.78. The lowest BCUT2D eigenvalue weighted by Gasteiger charge is -2.62. The van der Waals surface area contributed by atoms with Gasteiger partial charge in [-0.05, 0) is 18.2 Å². The maximum absolute atomic E-state index is 12.5. The molecule has 0 aliphatic heterocycles. The van der Waals surface area contributed by atoms with E-state index in [4.69, 9.17) is 22.1 Å². The molecule has 0 spiro atoms. The molecule has 5 heteroatoms. The normalized spacial score (nSPS) is 25.9. The zero-order valence-electron chi connectivity index (χ0n) is 13.2. The van der Waals surface area contributed by atoms with Crippen LogP contribution in [0.1, 0.15) is 38.1 Å². The fourth-order valence-electron chi connectivity index (χ4n) is 3.61. The number of nitrogens with two attached hydrogens (primary N) is 1. The summed E-state index contributed by atoms with van der Waals surface area (Å²) in [6.07, 6.45) is 0. The molecule has 0 radical (unpaired) electrons. The average Bonchev–Trinajstić information content (AvgIpc) is 2.42. The van der Waals surface area contributed by atoms with E-state index in [0.29, 0.717) is 16.3 Å². The third kappa shape index (κ3) is 2.51. The molecule has 2 rings (SSSR count). The van der Waals surface area contributed by atoms with Crippen LogP contribution in [0, 0.1) is 10.8 Å². The van der Waals surface area contributed by atoms with Gasteiger partial charge in [0.1, 0.15) is 5.75 Å². The Kier molecular flexibility index (Phi) is 3.98. The number of hydrogen-bond acceptors (Lipinski definition) is 3. The third-order valence-electron chi connectivity index (χ3n) is 4.77. The first-order valence-electron chi connectivity index (χ1n) is 7.02. The van der Waals surface area contributed by atoms with Gasteiger partial charge in [0.2, 0.25) is 0 Å². The number of amides is 1. The Labute approximate surface area is 131 Å². The van der Waals surface area contributed by atoms with Crippen molar-refractivity contribution in [2.75, 3.05) is 7.11 Å². The van der Waals surface area contributed by atoms with Gasteiger partial charge < -0.3 is 15.8 Å². The Morgan fingerprint density at radius 1 is 1.29 bits per heavy atom. The highest BCUT2D eigenvalue weighted by Crippen LogP contribution is 2.52. The minimum atomic E-state index is -0.165. The third-order valence-corrected chi connectivity index (χ3v) is 5.01. The van der Waals surface area contributed by atoms with Gasteiger partial charge in [-0.25, -0.2) is 0 Å². The molecule has 0 atom stereocenters. The predicted octanol–water partition coefficient (Wildman–Crippen LogP) is 2.84. The molecule has 3 N–H and O–H groups in total. The summed E-state index contributed by atoms with van der Waals surface area (Å²) in [6.45, 7) is 8.31. The van der Waals surface area contributed by atoms with E-state index in [9.17, 15) is 4.79 Å². The fraction of sp³-hybridized carbons (Fsp3) is 0.562. The first-order chi connectivity index (χ1) is 9.62. The number of hydrogen-bond donors (Lipinski definition) is 2. The lowest BCUT2D eigenvalue weighted by Crippen LogP contribution is -2.76. The van der Waals surface area contributed by atoms with Gasteiger partial charge in [0.05, 0.1) is 12.7 Å². The molecule has 0 unspecified atom stereocenters. The number of methoxy groups -OCH3 is 1. The lowest BCUT2D eigenvalue weighted by molar-refractivity contribution is -0.0663. The minimum Gasteiger partial charge on any atom is -0.496 e. The van der Waals surface area contributed by atoms with Crippen LogP contribution in [0.15, 0.2) is 18.2 Å². The minimum absolute atomic E-state index is 0.00730. The molecule has 0 bridgehead atoms.